The molecule has 2 aromatic rings. The zero-order valence-electron chi connectivity index (χ0n) is 14.6. The van der Waals surface area contributed by atoms with E-state index in [9.17, 15) is 0 Å². The van der Waals surface area contributed by atoms with E-state index < -0.39 is 0 Å². The summed E-state index contributed by atoms with van der Waals surface area (Å²) < 4.78 is 1.95. The minimum atomic E-state index is 0. The van der Waals surface area contributed by atoms with Crippen LogP contribution in [0.15, 0.2) is 41.5 Å². The molecule has 1 aliphatic heterocycles. The highest BCUT2D eigenvalue weighted by molar-refractivity contribution is 14.0. The first kappa shape index (κ1) is 20.1. The lowest BCUT2D eigenvalue weighted by Crippen LogP contribution is -2.42. The van der Waals surface area contributed by atoms with E-state index >= 15 is 0 Å². The summed E-state index contributed by atoms with van der Waals surface area (Å²) >= 11 is 1.98. The first-order valence-electron chi connectivity index (χ1n) is 8.47. The summed E-state index contributed by atoms with van der Waals surface area (Å²) in [5, 5.41) is 4.61. The van der Waals surface area contributed by atoms with Gasteiger partial charge in [0.15, 0.2) is 5.96 Å². The van der Waals surface area contributed by atoms with E-state index in [2.05, 4.69) is 40.2 Å². The zero-order valence-corrected chi connectivity index (χ0v) is 17.7. The van der Waals surface area contributed by atoms with Gasteiger partial charge in [0.05, 0.1) is 11.4 Å². The standard InChI is InChI=1S/C18H25N5S.HI/c1-15-16(14-23(21-15)17-7-3-2-4-8-17)6-5-9-20-18(19)22-10-12-24-13-11-22;/h2-4,7-8,14H,5-6,9-13H2,1H3,(H2,19,20);1H. The molecule has 0 amide bonds. The van der Waals surface area contributed by atoms with Crippen molar-refractivity contribution in [2.45, 2.75) is 19.8 Å². The number of aromatic nitrogens is 2. The van der Waals surface area contributed by atoms with Gasteiger partial charge in [-0.3, -0.25) is 4.99 Å². The van der Waals surface area contributed by atoms with E-state index in [-0.39, 0.29) is 24.0 Å². The number of guanidine groups is 1. The van der Waals surface area contributed by atoms with Crippen molar-refractivity contribution in [2.24, 2.45) is 10.7 Å². The van der Waals surface area contributed by atoms with Crippen LogP contribution in [0.5, 0.6) is 0 Å². The Kier molecular flexibility index (Phi) is 8.08. The first-order valence-corrected chi connectivity index (χ1v) is 9.62. The van der Waals surface area contributed by atoms with Gasteiger partial charge in [-0.2, -0.15) is 16.9 Å². The highest BCUT2D eigenvalue weighted by Gasteiger charge is 2.12. The summed E-state index contributed by atoms with van der Waals surface area (Å²) in [7, 11) is 0. The monoisotopic (exact) mass is 471 g/mol. The predicted octanol–water partition coefficient (Wildman–Crippen LogP) is 3.09. The second-order valence-electron chi connectivity index (χ2n) is 5.96. The number of halogens is 1. The molecule has 1 aromatic carbocycles. The molecule has 0 atom stereocenters. The number of rotatable bonds is 5. The van der Waals surface area contributed by atoms with Crippen LogP contribution in [0.25, 0.3) is 5.69 Å². The Balaban J connectivity index is 0.00000225. The van der Waals surface area contributed by atoms with Gasteiger partial charge >= 0.3 is 0 Å². The predicted molar refractivity (Wildman–Crippen MR) is 117 cm³/mol. The van der Waals surface area contributed by atoms with Gasteiger partial charge < -0.3 is 10.6 Å². The summed E-state index contributed by atoms with van der Waals surface area (Å²) in [6.45, 7) is 4.87. The maximum atomic E-state index is 6.09. The number of thioether (sulfide) groups is 1. The Labute approximate surface area is 171 Å². The van der Waals surface area contributed by atoms with E-state index in [1.54, 1.807) is 0 Å². The van der Waals surface area contributed by atoms with Gasteiger partial charge in [0.1, 0.15) is 0 Å². The number of hydrogen-bond acceptors (Lipinski definition) is 3. The molecule has 1 aromatic heterocycles. The summed E-state index contributed by atoms with van der Waals surface area (Å²) in [5.41, 5.74) is 9.55. The van der Waals surface area contributed by atoms with Crippen LogP contribution < -0.4 is 5.73 Å². The maximum Gasteiger partial charge on any atom is 0.191 e. The Morgan fingerprint density at radius 2 is 1.96 bits per heavy atom. The first-order chi connectivity index (χ1) is 11.7. The van der Waals surface area contributed by atoms with Crippen LogP contribution in [-0.4, -0.2) is 51.8 Å². The third-order valence-electron chi connectivity index (χ3n) is 4.23. The minimum Gasteiger partial charge on any atom is -0.370 e. The second kappa shape index (κ2) is 10.1. The lowest BCUT2D eigenvalue weighted by molar-refractivity contribution is 0.455. The quantitative estimate of drug-likeness (QED) is 0.315. The van der Waals surface area contributed by atoms with Crippen LogP contribution in [0.1, 0.15) is 17.7 Å². The molecule has 0 saturated carbocycles. The van der Waals surface area contributed by atoms with Gasteiger partial charge in [-0.25, -0.2) is 4.68 Å². The second-order valence-corrected chi connectivity index (χ2v) is 7.19. The minimum absolute atomic E-state index is 0. The molecule has 0 spiro atoms. The van der Waals surface area contributed by atoms with Crippen LogP contribution in [0.4, 0.5) is 0 Å². The van der Waals surface area contributed by atoms with Crippen molar-refractivity contribution in [3.05, 3.63) is 47.8 Å². The van der Waals surface area contributed by atoms with Crippen LogP contribution in [0, 0.1) is 6.92 Å². The van der Waals surface area contributed by atoms with Crippen LogP contribution in [0.3, 0.4) is 0 Å². The topological polar surface area (TPSA) is 59.4 Å². The Hall–Kier alpha value is -1.22. The lowest BCUT2D eigenvalue weighted by atomic mass is 10.1. The van der Waals surface area contributed by atoms with E-state index in [0.717, 1.165) is 55.4 Å². The molecule has 0 bridgehead atoms. The molecule has 7 heteroatoms. The molecular formula is C18H26IN5S. The van der Waals surface area contributed by atoms with E-state index in [0.29, 0.717) is 5.96 Å². The molecule has 2 N–H and O–H groups in total. The van der Waals surface area contributed by atoms with Crippen LogP contribution in [0.2, 0.25) is 0 Å². The van der Waals surface area contributed by atoms with Crippen LogP contribution in [-0.2, 0) is 6.42 Å². The Bertz CT molecular complexity index is 680. The van der Waals surface area contributed by atoms with E-state index in [1.165, 1.54) is 5.56 Å². The van der Waals surface area contributed by atoms with E-state index in [1.807, 2.05) is 34.6 Å². The number of hydrogen-bond donors (Lipinski definition) is 1. The summed E-state index contributed by atoms with van der Waals surface area (Å²) in [6.07, 6.45) is 4.09. The molecule has 0 radical (unpaired) electrons. The smallest absolute Gasteiger partial charge is 0.191 e. The van der Waals surface area contributed by atoms with Gasteiger partial charge in [0.25, 0.3) is 0 Å². The molecular weight excluding hydrogens is 445 g/mol. The average Bonchev–Trinajstić information content (AvgIpc) is 3.01. The average molecular weight is 471 g/mol. The van der Waals surface area contributed by atoms with Crippen LogP contribution >= 0.6 is 35.7 Å². The SMILES string of the molecule is Cc1nn(-c2ccccc2)cc1CCCN=C(N)N1CCSCC1.I. The molecule has 1 saturated heterocycles. The van der Waals surface area contributed by atoms with Crippen molar-refractivity contribution in [2.75, 3.05) is 31.1 Å². The zero-order chi connectivity index (χ0) is 16.8. The van der Waals surface area contributed by atoms with Crippen molar-refractivity contribution in [1.82, 2.24) is 14.7 Å². The van der Waals surface area contributed by atoms with Gasteiger partial charge in [-0.05, 0) is 37.5 Å². The summed E-state index contributed by atoms with van der Waals surface area (Å²) in [6, 6.07) is 10.2. The van der Waals surface area contributed by atoms with Crippen molar-refractivity contribution in [1.29, 1.82) is 0 Å². The molecule has 1 fully saturated rings. The van der Waals surface area contributed by atoms with Crippen molar-refractivity contribution in [3.8, 4) is 5.69 Å². The Morgan fingerprint density at radius 1 is 1.24 bits per heavy atom. The number of nitrogens with two attached hydrogens (primary N) is 1. The normalized spacial score (nSPS) is 15.1. The maximum absolute atomic E-state index is 6.09. The van der Waals surface area contributed by atoms with Crippen molar-refractivity contribution in [3.63, 3.8) is 0 Å². The number of aryl methyl sites for hydroxylation is 2. The van der Waals surface area contributed by atoms with Gasteiger partial charge in [0, 0.05) is 37.3 Å². The molecule has 5 nitrogen and oxygen atoms in total. The highest BCUT2D eigenvalue weighted by atomic mass is 127. The largest absolute Gasteiger partial charge is 0.370 e. The number of nitrogens with zero attached hydrogens (tertiary/aromatic N) is 4. The molecule has 0 unspecified atom stereocenters. The molecule has 2 heterocycles. The number of para-hydroxylation sites is 1. The fourth-order valence-electron chi connectivity index (χ4n) is 2.81. The fraction of sp³-hybridized carbons (Fsp3) is 0.444. The van der Waals surface area contributed by atoms with Crippen molar-refractivity contribution < 1.29 is 0 Å². The molecule has 1 aliphatic rings. The Morgan fingerprint density at radius 3 is 2.68 bits per heavy atom. The molecule has 25 heavy (non-hydrogen) atoms. The number of benzene rings is 1. The van der Waals surface area contributed by atoms with Crippen molar-refractivity contribution >= 4 is 41.7 Å². The third kappa shape index (κ3) is 5.64. The molecule has 136 valence electrons. The third-order valence-corrected chi connectivity index (χ3v) is 5.18. The van der Waals surface area contributed by atoms with Gasteiger partial charge in [0.2, 0.25) is 0 Å². The lowest BCUT2D eigenvalue weighted by Gasteiger charge is -2.27. The molecule has 3 rings (SSSR count). The van der Waals surface area contributed by atoms with E-state index in [4.69, 9.17) is 5.73 Å². The fourth-order valence-corrected chi connectivity index (χ4v) is 3.71. The molecule has 0 aliphatic carbocycles. The van der Waals surface area contributed by atoms with Gasteiger partial charge in [-0.15, -0.1) is 24.0 Å². The number of aliphatic imine (C=N–C) groups is 1. The highest BCUT2D eigenvalue weighted by Crippen LogP contribution is 2.13. The summed E-state index contributed by atoms with van der Waals surface area (Å²) in [4.78, 5) is 6.73. The van der Waals surface area contributed by atoms with Gasteiger partial charge in [-0.1, -0.05) is 18.2 Å². The summed E-state index contributed by atoms with van der Waals surface area (Å²) in [5.74, 6) is 2.99.